The Morgan fingerprint density at radius 1 is 1.44 bits per heavy atom. The van der Waals surface area contributed by atoms with Crippen molar-refractivity contribution in [2.45, 2.75) is 19.4 Å². The Hall–Kier alpha value is -1.13. The summed E-state index contributed by atoms with van der Waals surface area (Å²) >= 11 is 0. The molecule has 1 aliphatic rings. The second-order valence-corrected chi connectivity index (χ2v) is 4.19. The van der Waals surface area contributed by atoms with Crippen molar-refractivity contribution in [3.8, 4) is 0 Å². The first-order chi connectivity index (χ1) is 7.77. The minimum atomic E-state index is 0.0602. The molecule has 0 spiro atoms. The van der Waals surface area contributed by atoms with Gasteiger partial charge in [-0.15, -0.1) is 0 Å². The second kappa shape index (κ2) is 5.27. The normalized spacial score (nSPS) is 19.2. The molecule has 0 unspecified atom stereocenters. The molecule has 0 aliphatic carbocycles. The van der Waals surface area contributed by atoms with Crippen LogP contribution in [0.15, 0.2) is 18.3 Å². The van der Waals surface area contributed by atoms with Crippen molar-refractivity contribution in [1.82, 2.24) is 4.98 Å². The maximum absolute atomic E-state index is 5.87. The molecule has 2 heterocycles. The van der Waals surface area contributed by atoms with Crippen LogP contribution in [0, 0.1) is 0 Å². The van der Waals surface area contributed by atoms with E-state index in [2.05, 4.69) is 16.0 Å². The van der Waals surface area contributed by atoms with E-state index in [1.54, 1.807) is 0 Å². The van der Waals surface area contributed by atoms with Gasteiger partial charge in [-0.1, -0.05) is 0 Å². The van der Waals surface area contributed by atoms with Gasteiger partial charge in [-0.2, -0.15) is 0 Å². The fraction of sp³-hybridized carbons (Fsp3) is 0.583. The van der Waals surface area contributed by atoms with E-state index in [1.165, 1.54) is 0 Å². The van der Waals surface area contributed by atoms with Crippen molar-refractivity contribution < 1.29 is 4.74 Å². The average Bonchev–Trinajstić information content (AvgIpc) is 2.57. The van der Waals surface area contributed by atoms with Crippen LogP contribution in [0.25, 0.3) is 0 Å². The lowest BCUT2D eigenvalue weighted by Crippen LogP contribution is -2.27. The van der Waals surface area contributed by atoms with E-state index < -0.39 is 0 Å². The predicted octanol–water partition coefficient (Wildman–Crippen LogP) is 1.33. The first-order valence-corrected chi connectivity index (χ1v) is 5.81. The molecule has 1 saturated heterocycles. The minimum Gasteiger partial charge on any atom is -0.380 e. The number of pyridine rings is 1. The Balaban J connectivity index is 2.15. The topological polar surface area (TPSA) is 51.4 Å². The molecule has 4 nitrogen and oxygen atoms in total. The largest absolute Gasteiger partial charge is 0.380 e. The van der Waals surface area contributed by atoms with E-state index in [4.69, 9.17) is 10.5 Å². The number of rotatable bonds is 2. The molecule has 0 bridgehead atoms. The van der Waals surface area contributed by atoms with Gasteiger partial charge in [0.05, 0.1) is 6.61 Å². The van der Waals surface area contributed by atoms with Crippen LogP contribution >= 0.6 is 0 Å². The molecule has 88 valence electrons. The fourth-order valence-electron chi connectivity index (χ4n) is 1.87. The first kappa shape index (κ1) is 11.4. The van der Waals surface area contributed by atoms with E-state index in [0.29, 0.717) is 0 Å². The van der Waals surface area contributed by atoms with E-state index in [9.17, 15) is 0 Å². The summed E-state index contributed by atoms with van der Waals surface area (Å²) < 4.78 is 5.43. The van der Waals surface area contributed by atoms with Crippen LogP contribution < -0.4 is 10.6 Å². The van der Waals surface area contributed by atoms with Gasteiger partial charge < -0.3 is 15.4 Å². The summed E-state index contributed by atoms with van der Waals surface area (Å²) in [6, 6.07) is 4.11. The van der Waals surface area contributed by atoms with Gasteiger partial charge in [-0.25, -0.2) is 4.98 Å². The third kappa shape index (κ3) is 2.71. The highest BCUT2D eigenvalue weighted by atomic mass is 16.5. The van der Waals surface area contributed by atoms with Gasteiger partial charge in [-0.3, -0.25) is 0 Å². The summed E-state index contributed by atoms with van der Waals surface area (Å²) in [6.45, 7) is 5.54. The van der Waals surface area contributed by atoms with Crippen LogP contribution in [-0.2, 0) is 4.74 Å². The lowest BCUT2D eigenvalue weighted by atomic mass is 10.1. The number of aromatic nitrogens is 1. The molecular formula is C12H19N3O. The zero-order chi connectivity index (χ0) is 11.4. The highest BCUT2D eigenvalue weighted by molar-refractivity contribution is 5.41. The average molecular weight is 221 g/mol. The summed E-state index contributed by atoms with van der Waals surface area (Å²) in [4.78, 5) is 6.66. The standard InChI is InChI=1S/C12H19N3O/c1-10(13)11-3-4-14-12(9-11)15-5-2-7-16-8-6-15/h3-4,9-10H,2,5-8,13H2,1H3/t10-/m1/s1. The molecule has 1 aromatic heterocycles. The van der Waals surface area contributed by atoms with Crippen molar-refractivity contribution >= 4 is 5.82 Å². The van der Waals surface area contributed by atoms with E-state index in [-0.39, 0.29) is 6.04 Å². The lowest BCUT2D eigenvalue weighted by molar-refractivity contribution is 0.152. The first-order valence-electron chi connectivity index (χ1n) is 5.81. The van der Waals surface area contributed by atoms with Crippen LogP contribution in [0.4, 0.5) is 5.82 Å². The molecule has 2 rings (SSSR count). The third-order valence-corrected chi connectivity index (χ3v) is 2.84. The van der Waals surface area contributed by atoms with E-state index in [1.807, 2.05) is 19.2 Å². The Morgan fingerprint density at radius 3 is 3.12 bits per heavy atom. The number of hydrogen-bond donors (Lipinski definition) is 1. The minimum absolute atomic E-state index is 0.0602. The number of hydrogen-bond acceptors (Lipinski definition) is 4. The maximum atomic E-state index is 5.87. The monoisotopic (exact) mass is 221 g/mol. The highest BCUT2D eigenvalue weighted by Crippen LogP contribution is 2.17. The summed E-state index contributed by atoms with van der Waals surface area (Å²) in [5.74, 6) is 1.01. The smallest absolute Gasteiger partial charge is 0.128 e. The van der Waals surface area contributed by atoms with Gasteiger partial charge in [-0.05, 0) is 31.0 Å². The molecule has 1 fully saturated rings. The number of anilines is 1. The number of nitrogens with two attached hydrogens (primary N) is 1. The fourth-order valence-corrected chi connectivity index (χ4v) is 1.87. The zero-order valence-corrected chi connectivity index (χ0v) is 9.72. The van der Waals surface area contributed by atoms with Crippen LogP contribution in [0.2, 0.25) is 0 Å². The summed E-state index contributed by atoms with van der Waals surface area (Å²) in [7, 11) is 0. The van der Waals surface area contributed by atoms with Gasteiger partial charge in [0.15, 0.2) is 0 Å². The van der Waals surface area contributed by atoms with Crippen molar-refractivity contribution in [2.75, 3.05) is 31.2 Å². The molecule has 1 aromatic rings. The van der Waals surface area contributed by atoms with Crippen LogP contribution in [0.5, 0.6) is 0 Å². The van der Waals surface area contributed by atoms with Crippen molar-refractivity contribution in [3.05, 3.63) is 23.9 Å². The molecule has 0 saturated carbocycles. The predicted molar refractivity (Wildman–Crippen MR) is 64.5 cm³/mol. The highest BCUT2D eigenvalue weighted by Gasteiger charge is 2.12. The van der Waals surface area contributed by atoms with Gasteiger partial charge in [0.2, 0.25) is 0 Å². The van der Waals surface area contributed by atoms with Gasteiger partial charge >= 0.3 is 0 Å². The van der Waals surface area contributed by atoms with Crippen LogP contribution in [0.1, 0.15) is 24.9 Å². The Morgan fingerprint density at radius 2 is 2.31 bits per heavy atom. The molecule has 4 heteroatoms. The molecule has 0 aromatic carbocycles. The summed E-state index contributed by atoms with van der Waals surface area (Å²) in [5.41, 5.74) is 7.01. The van der Waals surface area contributed by atoms with Crippen LogP contribution in [-0.4, -0.2) is 31.3 Å². The molecule has 16 heavy (non-hydrogen) atoms. The molecule has 2 N–H and O–H groups in total. The number of nitrogens with zero attached hydrogens (tertiary/aromatic N) is 2. The molecule has 0 amide bonds. The van der Waals surface area contributed by atoms with Gasteiger partial charge in [0.25, 0.3) is 0 Å². The Labute approximate surface area is 96.4 Å². The van der Waals surface area contributed by atoms with E-state index in [0.717, 1.165) is 44.1 Å². The van der Waals surface area contributed by atoms with Crippen molar-refractivity contribution in [3.63, 3.8) is 0 Å². The van der Waals surface area contributed by atoms with Crippen molar-refractivity contribution in [2.24, 2.45) is 5.73 Å². The molecule has 1 aliphatic heterocycles. The maximum Gasteiger partial charge on any atom is 0.128 e. The van der Waals surface area contributed by atoms with Crippen LogP contribution in [0.3, 0.4) is 0 Å². The lowest BCUT2D eigenvalue weighted by Gasteiger charge is -2.21. The van der Waals surface area contributed by atoms with Gasteiger partial charge in [0.1, 0.15) is 5.82 Å². The Bertz CT molecular complexity index is 333. The number of ether oxygens (including phenoxy) is 1. The second-order valence-electron chi connectivity index (χ2n) is 4.19. The molecule has 1 atom stereocenters. The SMILES string of the molecule is C[C@@H](N)c1ccnc(N2CCCOCC2)c1. The third-order valence-electron chi connectivity index (χ3n) is 2.84. The van der Waals surface area contributed by atoms with Gasteiger partial charge in [0, 0.05) is 31.9 Å². The van der Waals surface area contributed by atoms with Crippen molar-refractivity contribution in [1.29, 1.82) is 0 Å². The zero-order valence-electron chi connectivity index (χ0n) is 9.72. The summed E-state index contributed by atoms with van der Waals surface area (Å²) in [5, 5.41) is 0. The quantitative estimate of drug-likeness (QED) is 0.818. The summed E-state index contributed by atoms with van der Waals surface area (Å²) in [6.07, 6.45) is 2.89. The van der Waals surface area contributed by atoms with E-state index >= 15 is 0 Å². The molecular weight excluding hydrogens is 202 g/mol. The Kier molecular flexibility index (Phi) is 3.74. The molecule has 0 radical (unpaired) electrons.